The molecule has 0 aromatic heterocycles. The van der Waals surface area contributed by atoms with E-state index >= 15 is 0 Å². The van der Waals surface area contributed by atoms with E-state index in [2.05, 4.69) is 5.32 Å². The normalized spacial score (nSPS) is 14.8. The molecule has 1 aromatic rings. The van der Waals surface area contributed by atoms with Gasteiger partial charge in [0.25, 0.3) is 0 Å². The lowest BCUT2D eigenvalue weighted by molar-refractivity contribution is -0.121. The fraction of sp³-hybridized carbons (Fsp3) is 0.417. The lowest BCUT2D eigenvalue weighted by atomic mass is 9.93. The van der Waals surface area contributed by atoms with Gasteiger partial charge in [0.2, 0.25) is 5.91 Å². The van der Waals surface area contributed by atoms with Crippen molar-refractivity contribution in [3.63, 3.8) is 0 Å². The summed E-state index contributed by atoms with van der Waals surface area (Å²) in [5.41, 5.74) is 7.32. The van der Waals surface area contributed by atoms with E-state index < -0.39 is 0 Å². The van der Waals surface area contributed by atoms with Crippen LogP contribution in [0.15, 0.2) is 24.3 Å². The summed E-state index contributed by atoms with van der Waals surface area (Å²) >= 11 is 0. The van der Waals surface area contributed by atoms with Crippen LogP contribution in [0.3, 0.4) is 0 Å². The predicted octanol–water partition coefficient (Wildman–Crippen LogP) is 1.90. The Morgan fingerprint density at radius 1 is 1.31 bits per heavy atom. The predicted molar refractivity (Wildman–Crippen MR) is 67.6 cm³/mol. The van der Waals surface area contributed by atoms with Crippen LogP contribution in [0.1, 0.15) is 24.8 Å². The van der Waals surface area contributed by atoms with Crippen molar-refractivity contribution in [2.45, 2.75) is 31.7 Å². The van der Waals surface area contributed by atoms with Gasteiger partial charge in [-0.05, 0) is 37.0 Å². The number of rotatable bonds is 3. The van der Waals surface area contributed by atoms with Crippen molar-refractivity contribution < 1.29 is 4.79 Å². The quantitative estimate of drug-likeness (QED) is 0.793. The van der Waals surface area contributed by atoms with Gasteiger partial charge in [0.1, 0.15) is 0 Å². The second-order valence-corrected chi connectivity index (χ2v) is 4.11. The van der Waals surface area contributed by atoms with E-state index in [4.69, 9.17) is 5.73 Å². The Labute approximate surface area is 102 Å². The molecule has 1 aliphatic carbocycles. The zero-order valence-corrected chi connectivity index (χ0v) is 9.93. The molecule has 1 saturated carbocycles. The molecule has 88 valence electrons. The monoisotopic (exact) mass is 240 g/mol. The van der Waals surface area contributed by atoms with E-state index in [0.29, 0.717) is 12.5 Å². The Balaban J connectivity index is 0.00000128. The maximum atomic E-state index is 11.6. The molecular weight excluding hydrogens is 224 g/mol. The van der Waals surface area contributed by atoms with E-state index in [0.717, 1.165) is 24.1 Å². The molecule has 0 unspecified atom stereocenters. The van der Waals surface area contributed by atoms with Crippen molar-refractivity contribution in [2.24, 2.45) is 0 Å². The van der Waals surface area contributed by atoms with Gasteiger partial charge in [-0.1, -0.05) is 12.1 Å². The standard InChI is InChI=1S/C12H16N2O.ClH/c13-10-6-4-9(5-7-10)8-12(15)14-11-2-1-3-11;/h4-7,11H,1-3,8,13H2,(H,14,15);1H. The van der Waals surface area contributed by atoms with Gasteiger partial charge >= 0.3 is 0 Å². The van der Waals surface area contributed by atoms with Crippen LogP contribution in [0.2, 0.25) is 0 Å². The highest BCUT2D eigenvalue weighted by Gasteiger charge is 2.19. The number of benzene rings is 1. The van der Waals surface area contributed by atoms with Gasteiger partial charge in [-0.3, -0.25) is 4.79 Å². The van der Waals surface area contributed by atoms with Crippen LogP contribution in [-0.2, 0) is 11.2 Å². The molecule has 1 aliphatic rings. The van der Waals surface area contributed by atoms with E-state index in [9.17, 15) is 4.79 Å². The summed E-state index contributed by atoms with van der Waals surface area (Å²) in [5, 5.41) is 3.01. The van der Waals surface area contributed by atoms with Gasteiger partial charge in [0.05, 0.1) is 6.42 Å². The summed E-state index contributed by atoms with van der Waals surface area (Å²) in [6, 6.07) is 7.87. The van der Waals surface area contributed by atoms with Crippen molar-refractivity contribution in [3.8, 4) is 0 Å². The number of nitrogens with one attached hydrogen (secondary N) is 1. The largest absolute Gasteiger partial charge is 0.399 e. The van der Waals surface area contributed by atoms with E-state index in [1.807, 2.05) is 24.3 Å². The molecule has 3 N–H and O–H groups in total. The van der Waals surface area contributed by atoms with Crippen molar-refractivity contribution in [1.82, 2.24) is 5.32 Å². The van der Waals surface area contributed by atoms with Crippen LogP contribution >= 0.6 is 12.4 Å². The number of amides is 1. The second-order valence-electron chi connectivity index (χ2n) is 4.11. The summed E-state index contributed by atoms with van der Waals surface area (Å²) in [4.78, 5) is 11.6. The number of carbonyl (C=O) groups is 1. The van der Waals surface area contributed by atoms with Crippen LogP contribution in [0, 0.1) is 0 Å². The highest BCUT2D eigenvalue weighted by atomic mass is 35.5. The molecule has 0 bridgehead atoms. The third-order valence-corrected chi connectivity index (χ3v) is 2.81. The molecule has 0 atom stereocenters. The molecule has 4 heteroatoms. The average Bonchev–Trinajstić information content (AvgIpc) is 2.16. The fourth-order valence-electron chi connectivity index (χ4n) is 1.65. The first-order valence-electron chi connectivity index (χ1n) is 5.38. The van der Waals surface area contributed by atoms with E-state index in [-0.39, 0.29) is 18.3 Å². The number of nitrogen functional groups attached to an aromatic ring is 1. The fourth-order valence-corrected chi connectivity index (χ4v) is 1.65. The molecule has 0 saturated heterocycles. The number of carbonyl (C=O) groups excluding carboxylic acids is 1. The summed E-state index contributed by atoms with van der Waals surface area (Å²) in [6.45, 7) is 0. The maximum Gasteiger partial charge on any atom is 0.224 e. The Kier molecular flexibility index (Phi) is 4.62. The molecule has 16 heavy (non-hydrogen) atoms. The van der Waals surface area contributed by atoms with Crippen molar-refractivity contribution in [3.05, 3.63) is 29.8 Å². The Bertz CT molecular complexity index is 347. The van der Waals surface area contributed by atoms with Crippen LogP contribution in [0.5, 0.6) is 0 Å². The third-order valence-electron chi connectivity index (χ3n) is 2.81. The Hall–Kier alpha value is -1.22. The van der Waals surface area contributed by atoms with E-state index in [1.165, 1.54) is 6.42 Å². The summed E-state index contributed by atoms with van der Waals surface area (Å²) in [5.74, 6) is 0.115. The van der Waals surface area contributed by atoms with Gasteiger partial charge in [0, 0.05) is 11.7 Å². The van der Waals surface area contributed by atoms with Crippen molar-refractivity contribution in [2.75, 3.05) is 5.73 Å². The lowest BCUT2D eigenvalue weighted by Gasteiger charge is -2.26. The highest BCUT2D eigenvalue weighted by Crippen LogP contribution is 2.18. The molecule has 1 amide bonds. The third kappa shape index (κ3) is 3.42. The molecule has 3 nitrogen and oxygen atoms in total. The van der Waals surface area contributed by atoms with Crippen LogP contribution < -0.4 is 11.1 Å². The summed E-state index contributed by atoms with van der Waals surface area (Å²) in [6.07, 6.45) is 3.96. The average molecular weight is 241 g/mol. The van der Waals surface area contributed by atoms with E-state index in [1.54, 1.807) is 0 Å². The molecule has 0 radical (unpaired) electrons. The number of nitrogens with two attached hydrogens (primary N) is 1. The molecule has 0 heterocycles. The maximum absolute atomic E-state index is 11.6. The Morgan fingerprint density at radius 3 is 2.44 bits per heavy atom. The number of anilines is 1. The van der Waals surface area contributed by atoms with Gasteiger partial charge in [0.15, 0.2) is 0 Å². The molecule has 2 rings (SSSR count). The van der Waals surface area contributed by atoms with Crippen molar-refractivity contribution in [1.29, 1.82) is 0 Å². The van der Waals surface area contributed by atoms with Gasteiger partial charge in [-0.15, -0.1) is 12.4 Å². The molecular formula is C12H17ClN2O. The Morgan fingerprint density at radius 2 is 1.94 bits per heavy atom. The first-order valence-corrected chi connectivity index (χ1v) is 5.38. The molecule has 0 aliphatic heterocycles. The first kappa shape index (κ1) is 12.8. The zero-order valence-electron chi connectivity index (χ0n) is 9.11. The molecule has 1 fully saturated rings. The summed E-state index contributed by atoms with van der Waals surface area (Å²) in [7, 11) is 0. The van der Waals surface area contributed by atoms with Gasteiger partial charge < -0.3 is 11.1 Å². The van der Waals surface area contributed by atoms with Crippen molar-refractivity contribution >= 4 is 24.0 Å². The first-order chi connectivity index (χ1) is 7.24. The van der Waals surface area contributed by atoms with Gasteiger partial charge in [-0.2, -0.15) is 0 Å². The zero-order chi connectivity index (χ0) is 10.7. The molecule has 1 aromatic carbocycles. The second kappa shape index (κ2) is 5.75. The van der Waals surface area contributed by atoms with Crippen LogP contribution in [-0.4, -0.2) is 11.9 Å². The minimum absolute atomic E-state index is 0. The van der Waals surface area contributed by atoms with Crippen LogP contribution in [0.4, 0.5) is 5.69 Å². The summed E-state index contributed by atoms with van der Waals surface area (Å²) < 4.78 is 0. The molecule has 0 spiro atoms. The van der Waals surface area contributed by atoms with Gasteiger partial charge in [-0.25, -0.2) is 0 Å². The SMILES string of the molecule is Cl.Nc1ccc(CC(=O)NC2CCC2)cc1. The number of hydrogen-bond donors (Lipinski definition) is 2. The lowest BCUT2D eigenvalue weighted by Crippen LogP contribution is -2.40. The number of halogens is 1. The smallest absolute Gasteiger partial charge is 0.224 e. The van der Waals surface area contributed by atoms with Crippen LogP contribution in [0.25, 0.3) is 0 Å². The minimum Gasteiger partial charge on any atom is -0.399 e. The number of hydrogen-bond acceptors (Lipinski definition) is 2. The minimum atomic E-state index is 0. The topological polar surface area (TPSA) is 55.1 Å². The highest BCUT2D eigenvalue weighted by molar-refractivity contribution is 5.85.